The first-order valence-corrected chi connectivity index (χ1v) is 27.8. The molecule has 0 saturated carbocycles. The summed E-state index contributed by atoms with van der Waals surface area (Å²) in [6, 6.07) is 46.1. The molecule has 0 radical (unpaired) electrons. The third kappa shape index (κ3) is 6.02. The number of para-hydroxylation sites is 1. The zero-order chi connectivity index (χ0) is 50.9. The zero-order valence-corrected chi connectivity index (χ0v) is 46.1. The minimum absolute atomic E-state index is 0.00955. The van der Waals surface area contributed by atoms with Gasteiger partial charge in [0.25, 0.3) is 0 Å². The summed E-state index contributed by atoms with van der Waals surface area (Å²) in [5.74, 6) is 0. The van der Waals surface area contributed by atoms with E-state index in [-0.39, 0.29) is 44.8 Å². The van der Waals surface area contributed by atoms with Gasteiger partial charge < -0.3 is 14.1 Å². The Labute approximate surface area is 435 Å². The van der Waals surface area contributed by atoms with Crippen LogP contribution in [0.4, 0.5) is 28.4 Å². The molecule has 0 fully saturated rings. The first kappa shape index (κ1) is 45.6. The van der Waals surface area contributed by atoms with Crippen LogP contribution in [0.1, 0.15) is 180 Å². The van der Waals surface area contributed by atoms with Crippen LogP contribution in [0.25, 0.3) is 44.2 Å². The van der Waals surface area contributed by atoms with E-state index >= 15 is 0 Å². The smallest absolute Gasteiger partial charge is 0.333 e. The first-order valence-electron chi connectivity index (χ1n) is 27.8. The molecule has 73 heavy (non-hydrogen) atoms. The summed E-state index contributed by atoms with van der Waals surface area (Å²) < 4.78 is 7.27. The quantitative estimate of drug-likeness (QED) is 0.161. The molecule has 368 valence electrons. The monoisotopic (exact) mass is 957 g/mol. The topological polar surface area (TPSA) is 19.6 Å². The van der Waals surface area contributed by atoms with Crippen LogP contribution >= 0.6 is 0 Å². The van der Waals surface area contributed by atoms with Gasteiger partial charge in [-0.25, -0.2) is 0 Å². The van der Waals surface area contributed by atoms with Crippen LogP contribution in [0.2, 0.25) is 0 Å². The van der Waals surface area contributed by atoms with E-state index < -0.39 is 0 Å². The maximum absolute atomic E-state index is 7.27. The summed E-state index contributed by atoms with van der Waals surface area (Å²) in [5.41, 5.74) is 28.0. The molecule has 4 heteroatoms. The highest BCUT2D eigenvalue weighted by atomic mass is 16.3. The van der Waals surface area contributed by atoms with E-state index in [2.05, 4.69) is 222 Å². The third-order valence-electron chi connectivity index (χ3n) is 20.4. The number of rotatable bonds is 2. The third-order valence-corrected chi connectivity index (χ3v) is 20.4. The van der Waals surface area contributed by atoms with E-state index in [0.29, 0.717) is 0 Å². The average Bonchev–Trinajstić information content (AvgIpc) is 3.85. The average molecular weight is 957 g/mol. The molecule has 6 aliphatic rings. The lowest BCUT2D eigenvalue weighted by Crippen LogP contribution is -2.62. The van der Waals surface area contributed by atoms with Crippen LogP contribution in [-0.4, -0.2) is 6.85 Å². The molecule has 7 aromatic carbocycles. The van der Waals surface area contributed by atoms with Gasteiger partial charge in [-0.15, -0.1) is 0 Å². The normalized spacial score (nSPS) is 21.1. The minimum Gasteiger partial charge on any atom is -0.455 e. The largest absolute Gasteiger partial charge is 0.455 e. The van der Waals surface area contributed by atoms with E-state index in [1.807, 2.05) is 0 Å². The molecule has 0 N–H and O–H groups in total. The van der Waals surface area contributed by atoms with Crippen molar-refractivity contribution in [2.75, 3.05) is 9.71 Å². The molecule has 0 spiro atoms. The Hall–Kier alpha value is -6.00. The molecule has 0 unspecified atom stereocenters. The highest BCUT2D eigenvalue weighted by Gasteiger charge is 2.53. The lowest BCUT2D eigenvalue weighted by Gasteiger charge is -2.50. The zero-order valence-electron chi connectivity index (χ0n) is 46.1. The van der Waals surface area contributed by atoms with Gasteiger partial charge in [0, 0.05) is 50.2 Å². The van der Waals surface area contributed by atoms with Crippen molar-refractivity contribution in [3.05, 3.63) is 160 Å². The Balaban J connectivity index is 1.19. The second kappa shape index (κ2) is 14.2. The number of furan rings is 1. The summed E-state index contributed by atoms with van der Waals surface area (Å²) in [7, 11) is 0. The highest BCUT2D eigenvalue weighted by molar-refractivity contribution is 6.94. The van der Waals surface area contributed by atoms with Crippen LogP contribution in [0.5, 0.6) is 0 Å². The van der Waals surface area contributed by atoms with Crippen molar-refractivity contribution < 1.29 is 4.42 Å². The van der Waals surface area contributed by atoms with Crippen LogP contribution in [0, 0.1) is 0 Å². The van der Waals surface area contributed by atoms with Gasteiger partial charge in [0.2, 0.25) is 0 Å². The fourth-order valence-corrected chi connectivity index (χ4v) is 15.6. The van der Waals surface area contributed by atoms with E-state index in [9.17, 15) is 0 Å². The number of benzene rings is 7. The van der Waals surface area contributed by atoms with Crippen LogP contribution in [-0.2, 0) is 37.9 Å². The fourth-order valence-electron chi connectivity index (χ4n) is 15.6. The van der Waals surface area contributed by atoms with Gasteiger partial charge in [-0.3, -0.25) is 0 Å². The van der Waals surface area contributed by atoms with Crippen LogP contribution in [0.3, 0.4) is 0 Å². The molecule has 3 heterocycles. The minimum atomic E-state index is -0.292. The molecule has 2 aliphatic heterocycles. The SMILES string of the molecule is CC1(C)CCC(C)(C)c2cc(N3B4c5cc6c(cc5N(c5ccc7c(c5)C(C)(C)CCC7(C)C)c5c4c(cc4c5C(C)(C)c5ccccc5-4)-c4c3ccc3c4oc4ccccc43)C(C)(C)CCC6(C)C)ccc21. The van der Waals surface area contributed by atoms with Crippen molar-refractivity contribution in [3.63, 3.8) is 0 Å². The van der Waals surface area contributed by atoms with E-state index in [1.165, 1.54) is 131 Å². The van der Waals surface area contributed by atoms with Gasteiger partial charge in [0.15, 0.2) is 0 Å². The van der Waals surface area contributed by atoms with E-state index in [0.717, 1.165) is 35.8 Å². The summed E-state index contributed by atoms with van der Waals surface area (Å²) in [4.78, 5) is 5.59. The van der Waals surface area contributed by atoms with Crippen molar-refractivity contribution in [1.82, 2.24) is 0 Å². The number of anilines is 5. The number of hydrogen-bond donors (Lipinski definition) is 0. The molecule has 4 aliphatic carbocycles. The summed E-state index contributed by atoms with van der Waals surface area (Å²) in [5, 5.41) is 2.33. The van der Waals surface area contributed by atoms with Gasteiger partial charge in [-0.05, 0) is 198 Å². The predicted octanol–water partition coefficient (Wildman–Crippen LogP) is 17.6. The fraction of sp³-hybridized carbons (Fsp3) is 0.391. The second-order valence-corrected chi connectivity index (χ2v) is 28.0. The second-order valence-electron chi connectivity index (χ2n) is 28.0. The molecule has 0 atom stereocenters. The molecular weight excluding hydrogens is 884 g/mol. The van der Waals surface area contributed by atoms with Gasteiger partial charge in [-0.1, -0.05) is 158 Å². The van der Waals surface area contributed by atoms with Crippen LogP contribution < -0.4 is 20.6 Å². The molecule has 0 bridgehead atoms. The van der Waals surface area contributed by atoms with E-state index in [4.69, 9.17) is 4.42 Å². The van der Waals surface area contributed by atoms with E-state index in [1.54, 1.807) is 0 Å². The Morgan fingerprint density at radius 3 is 1.60 bits per heavy atom. The summed E-state index contributed by atoms with van der Waals surface area (Å²) >= 11 is 0. The number of fused-ring (bicyclic) bond motifs is 15. The van der Waals surface area contributed by atoms with Crippen molar-refractivity contribution in [2.24, 2.45) is 0 Å². The number of nitrogens with zero attached hydrogens (tertiary/aromatic N) is 2. The Morgan fingerprint density at radius 1 is 0.425 bits per heavy atom. The summed E-state index contributed by atoms with van der Waals surface area (Å²) in [6.07, 6.45) is 7.01. The van der Waals surface area contributed by atoms with Gasteiger partial charge in [-0.2, -0.15) is 0 Å². The first-order chi connectivity index (χ1) is 34.4. The molecule has 0 amide bonds. The molecule has 0 saturated heterocycles. The predicted molar refractivity (Wildman–Crippen MR) is 311 cm³/mol. The van der Waals surface area contributed by atoms with Crippen molar-refractivity contribution >= 4 is 68.1 Å². The lowest BCUT2D eigenvalue weighted by atomic mass is 9.42. The van der Waals surface area contributed by atoms with Crippen LogP contribution in [0.15, 0.2) is 120 Å². The Bertz CT molecular complexity index is 3760. The molecule has 14 rings (SSSR count). The Kier molecular flexibility index (Phi) is 8.89. The Morgan fingerprint density at radius 2 is 0.959 bits per heavy atom. The standard InChI is InChI=1S/C69H73BN2O/c1-63(2)29-31-65(5,6)50-35-40(23-26-48(50)63)71-56-39-53-52(67(9,10)33-34-68(53,11)12)38-54(56)70-60-46(37-45-42-19-15-17-21-47(42)69(13,14)59(45)61(60)71)58-55(28-25-44-43-20-16-18-22-57(43)73-62(44)58)72(70)41-24-27-49-51(36-41)66(7,8)32-30-64(49,3)4/h15-28,35-39H,29-34H2,1-14H3. The van der Waals surface area contributed by atoms with Gasteiger partial charge >= 0.3 is 6.85 Å². The van der Waals surface area contributed by atoms with Crippen molar-refractivity contribution in [2.45, 2.75) is 173 Å². The number of hydrogen-bond acceptors (Lipinski definition) is 3. The summed E-state index contributed by atoms with van der Waals surface area (Å²) in [6.45, 7) is 34.7. The van der Waals surface area contributed by atoms with Gasteiger partial charge in [0.1, 0.15) is 11.2 Å². The molecule has 1 aromatic heterocycles. The van der Waals surface area contributed by atoms with Gasteiger partial charge in [0.05, 0.1) is 0 Å². The highest BCUT2D eigenvalue weighted by Crippen LogP contribution is 2.61. The lowest BCUT2D eigenvalue weighted by molar-refractivity contribution is 0.332. The maximum Gasteiger partial charge on any atom is 0.333 e. The molecule has 8 aromatic rings. The van der Waals surface area contributed by atoms with Crippen molar-refractivity contribution in [1.29, 1.82) is 0 Å². The van der Waals surface area contributed by atoms with Crippen molar-refractivity contribution in [3.8, 4) is 22.3 Å². The maximum atomic E-state index is 7.27. The molecular formula is C69H73BN2O. The molecule has 3 nitrogen and oxygen atoms in total.